The molecule has 5 heteroatoms. The lowest BCUT2D eigenvalue weighted by Gasteiger charge is -2.50. The van der Waals surface area contributed by atoms with Crippen molar-refractivity contribution in [1.29, 1.82) is 0 Å². The highest BCUT2D eigenvalue weighted by molar-refractivity contribution is 5.86. The molecular weight excluding hydrogens is 293 g/mol. The number of halogens is 1. The summed E-state index contributed by atoms with van der Waals surface area (Å²) in [4.78, 5) is 14.5. The second-order valence-electron chi connectivity index (χ2n) is 7.16. The van der Waals surface area contributed by atoms with E-state index in [4.69, 9.17) is 5.84 Å². The Morgan fingerprint density at radius 3 is 2.83 bits per heavy atom. The van der Waals surface area contributed by atoms with Gasteiger partial charge in [-0.15, -0.1) is 0 Å². The third kappa shape index (κ3) is 3.50. The summed E-state index contributed by atoms with van der Waals surface area (Å²) in [6, 6.07) is 4.52. The van der Waals surface area contributed by atoms with Crippen molar-refractivity contribution in [2.45, 2.75) is 70.9 Å². The van der Waals surface area contributed by atoms with E-state index >= 15 is 0 Å². The van der Waals surface area contributed by atoms with Crippen LogP contribution in [0.25, 0.3) is 0 Å². The Balaban J connectivity index is 2.52. The average molecular weight is 321 g/mol. The van der Waals surface area contributed by atoms with Gasteiger partial charge in [-0.2, -0.15) is 0 Å². The topological polar surface area (TPSA) is 58.4 Å². The fourth-order valence-electron chi connectivity index (χ4n) is 3.88. The molecule has 0 aliphatic carbocycles. The van der Waals surface area contributed by atoms with Crippen molar-refractivity contribution >= 4 is 11.6 Å². The standard InChI is InChI=1S/C18H28FN3O/c1-5-6-7-16(17(23)21-20)22-15-9-8-13(19)10-14(15)12(2)11-18(22,3)4/h8-10,12,16H,5-7,11,20H2,1-4H3,(H,21,23)/t12-,16-/m0/s1. The van der Waals surface area contributed by atoms with E-state index in [0.717, 1.165) is 36.9 Å². The highest BCUT2D eigenvalue weighted by atomic mass is 19.1. The molecule has 1 aromatic carbocycles. The Bertz CT molecular complexity index is 573. The number of anilines is 1. The molecule has 23 heavy (non-hydrogen) atoms. The molecule has 3 N–H and O–H groups in total. The molecule has 1 aromatic rings. The monoisotopic (exact) mass is 321 g/mol. The van der Waals surface area contributed by atoms with Crippen molar-refractivity contribution in [1.82, 2.24) is 5.43 Å². The number of hydrazine groups is 1. The van der Waals surface area contributed by atoms with Crippen LogP contribution in [-0.2, 0) is 4.79 Å². The van der Waals surface area contributed by atoms with Crippen molar-refractivity contribution in [2.24, 2.45) is 5.84 Å². The second-order valence-corrected chi connectivity index (χ2v) is 7.16. The molecule has 1 aliphatic heterocycles. The molecular formula is C18H28FN3O. The third-order valence-electron chi connectivity index (χ3n) is 4.83. The maximum atomic E-state index is 13.7. The zero-order valence-electron chi connectivity index (χ0n) is 14.5. The normalized spacial score (nSPS) is 20.8. The molecule has 0 saturated carbocycles. The van der Waals surface area contributed by atoms with E-state index in [2.05, 4.69) is 38.0 Å². The van der Waals surface area contributed by atoms with Crippen molar-refractivity contribution < 1.29 is 9.18 Å². The molecule has 2 atom stereocenters. The molecule has 0 fully saturated rings. The highest BCUT2D eigenvalue weighted by Crippen LogP contribution is 2.45. The number of fused-ring (bicyclic) bond motifs is 1. The number of carbonyl (C=O) groups excluding carboxylic acids is 1. The number of unbranched alkanes of at least 4 members (excludes halogenated alkanes) is 1. The average Bonchev–Trinajstić information content (AvgIpc) is 2.49. The van der Waals surface area contributed by atoms with Gasteiger partial charge in [0, 0.05) is 11.2 Å². The Labute approximate surface area is 138 Å². The first kappa shape index (κ1) is 17.7. The summed E-state index contributed by atoms with van der Waals surface area (Å²) in [5, 5.41) is 0. The Hall–Kier alpha value is -1.62. The number of rotatable bonds is 5. The van der Waals surface area contributed by atoms with E-state index in [1.807, 2.05) is 0 Å². The maximum absolute atomic E-state index is 13.7. The minimum atomic E-state index is -0.341. The number of benzene rings is 1. The Morgan fingerprint density at radius 2 is 2.22 bits per heavy atom. The highest BCUT2D eigenvalue weighted by Gasteiger charge is 2.42. The smallest absolute Gasteiger partial charge is 0.256 e. The van der Waals surface area contributed by atoms with E-state index in [9.17, 15) is 9.18 Å². The number of amides is 1. The predicted molar refractivity (Wildman–Crippen MR) is 91.6 cm³/mol. The molecule has 0 saturated heterocycles. The SMILES string of the molecule is CCCC[C@@H](C(=O)NN)N1c2ccc(F)cc2[C@@H](C)CC1(C)C. The predicted octanol–water partition coefficient (Wildman–Crippen LogP) is 3.47. The van der Waals surface area contributed by atoms with Gasteiger partial charge in [0.1, 0.15) is 11.9 Å². The molecule has 0 unspecified atom stereocenters. The minimum absolute atomic E-state index is 0.184. The van der Waals surface area contributed by atoms with E-state index in [1.54, 1.807) is 12.1 Å². The summed E-state index contributed by atoms with van der Waals surface area (Å²) in [5.41, 5.74) is 4.02. The first-order chi connectivity index (χ1) is 10.8. The zero-order valence-corrected chi connectivity index (χ0v) is 14.5. The van der Waals surface area contributed by atoms with E-state index in [-0.39, 0.29) is 29.2 Å². The number of hydrogen-bond donors (Lipinski definition) is 2. The number of nitrogens with zero attached hydrogens (tertiary/aromatic N) is 1. The van der Waals surface area contributed by atoms with Gasteiger partial charge < -0.3 is 4.90 Å². The Kier molecular flexibility index (Phi) is 5.30. The van der Waals surface area contributed by atoms with E-state index in [1.165, 1.54) is 6.07 Å². The largest absolute Gasteiger partial charge is 0.354 e. The van der Waals surface area contributed by atoms with Crippen LogP contribution in [0.5, 0.6) is 0 Å². The summed E-state index contributed by atoms with van der Waals surface area (Å²) in [5.74, 6) is 5.26. The summed E-state index contributed by atoms with van der Waals surface area (Å²) in [7, 11) is 0. The van der Waals surface area contributed by atoms with Gasteiger partial charge in [-0.25, -0.2) is 10.2 Å². The number of hydrogen-bond acceptors (Lipinski definition) is 3. The molecule has 128 valence electrons. The summed E-state index contributed by atoms with van der Waals surface area (Å²) in [6.45, 7) is 8.49. The number of nitrogens with one attached hydrogen (secondary N) is 1. The summed E-state index contributed by atoms with van der Waals surface area (Å²) < 4.78 is 13.7. The Morgan fingerprint density at radius 1 is 1.52 bits per heavy atom. The van der Waals surface area contributed by atoms with Crippen LogP contribution in [0.2, 0.25) is 0 Å². The van der Waals surface area contributed by atoms with Gasteiger partial charge >= 0.3 is 0 Å². The molecule has 2 rings (SSSR count). The van der Waals surface area contributed by atoms with E-state index < -0.39 is 0 Å². The van der Waals surface area contributed by atoms with Crippen LogP contribution < -0.4 is 16.2 Å². The molecule has 0 aromatic heterocycles. The minimum Gasteiger partial charge on any atom is -0.354 e. The van der Waals surface area contributed by atoms with Crippen LogP contribution in [0.4, 0.5) is 10.1 Å². The summed E-state index contributed by atoms with van der Waals surface area (Å²) in [6.07, 6.45) is 3.55. The van der Waals surface area contributed by atoms with E-state index in [0.29, 0.717) is 0 Å². The van der Waals surface area contributed by atoms with Gasteiger partial charge in [0.05, 0.1) is 0 Å². The first-order valence-corrected chi connectivity index (χ1v) is 8.41. The van der Waals surface area contributed by atoms with Gasteiger partial charge in [-0.3, -0.25) is 10.2 Å². The van der Waals surface area contributed by atoms with Crippen molar-refractivity contribution in [3.05, 3.63) is 29.6 Å². The fraction of sp³-hybridized carbons (Fsp3) is 0.611. The molecule has 0 radical (unpaired) electrons. The lowest BCUT2D eigenvalue weighted by atomic mass is 9.78. The molecule has 0 bridgehead atoms. The van der Waals surface area contributed by atoms with Gasteiger partial charge in [0.15, 0.2) is 0 Å². The molecule has 4 nitrogen and oxygen atoms in total. The van der Waals surface area contributed by atoms with Gasteiger partial charge in [0.25, 0.3) is 5.91 Å². The first-order valence-electron chi connectivity index (χ1n) is 8.41. The number of carbonyl (C=O) groups is 1. The lowest BCUT2D eigenvalue weighted by Crippen LogP contribution is -2.59. The van der Waals surface area contributed by atoms with Crippen LogP contribution in [0.1, 0.15) is 64.9 Å². The zero-order chi connectivity index (χ0) is 17.2. The van der Waals surface area contributed by atoms with Gasteiger partial charge in [0.2, 0.25) is 0 Å². The number of nitrogens with two attached hydrogens (primary N) is 1. The summed E-state index contributed by atoms with van der Waals surface area (Å²) >= 11 is 0. The van der Waals surface area contributed by atoms with Crippen LogP contribution in [0.15, 0.2) is 18.2 Å². The molecule has 1 heterocycles. The van der Waals surface area contributed by atoms with Crippen molar-refractivity contribution in [2.75, 3.05) is 4.90 Å². The fourth-order valence-corrected chi connectivity index (χ4v) is 3.88. The lowest BCUT2D eigenvalue weighted by molar-refractivity contribution is -0.123. The van der Waals surface area contributed by atoms with Gasteiger partial charge in [-0.1, -0.05) is 26.7 Å². The maximum Gasteiger partial charge on any atom is 0.256 e. The van der Waals surface area contributed by atoms with Crippen molar-refractivity contribution in [3.8, 4) is 0 Å². The van der Waals surface area contributed by atoms with Crippen LogP contribution in [-0.4, -0.2) is 17.5 Å². The van der Waals surface area contributed by atoms with Gasteiger partial charge in [-0.05, 0) is 56.4 Å². The molecule has 1 amide bonds. The van der Waals surface area contributed by atoms with Crippen LogP contribution in [0.3, 0.4) is 0 Å². The third-order valence-corrected chi connectivity index (χ3v) is 4.83. The second kappa shape index (κ2) is 6.87. The van der Waals surface area contributed by atoms with Crippen molar-refractivity contribution in [3.63, 3.8) is 0 Å². The molecule has 1 aliphatic rings. The van der Waals surface area contributed by atoms with Crippen LogP contribution >= 0.6 is 0 Å². The quantitative estimate of drug-likeness (QED) is 0.496. The molecule has 0 spiro atoms. The van der Waals surface area contributed by atoms with Crippen LogP contribution in [0, 0.1) is 5.82 Å².